The van der Waals surface area contributed by atoms with E-state index in [4.69, 9.17) is 9.47 Å². The number of ether oxygens (including phenoxy) is 3. The SMILES string of the molecule is CCCCCC1COC(c2ccc(C(F)(F)Oc3cc(F)c4c(F)c(C#CC(F)(F)F)c(F)cc4c3)cc2)OC1. The summed E-state index contributed by atoms with van der Waals surface area (Å²) in [5.41, 5.74) is -1.39. The number of rotatable bonds is 8. The van der Waals surface area contributed by atoms with Crippen molar-refractivity contribution in [2.45, 2.75) is 51.2 Å². The number of alkyl halides is 5. The largest absolute Gasteiger partial charge is 0.458 e. The van der Waals surface area contributed by atoms with Crippen LogP contribution in [-0.2, 0) is 15.6 Å². The van der Waals surface area contributed by atoms with Gasteiger partial charge in [0.05, 0.1) is 29.7 Å². The molecular weight excluding hydrogens is 548 g/mol. The zero-order valence-electron chi connectivity index (χ0n) is 21.2. The first kappa shape index (κ1) is 29.6. The molecule has 0 spiro atoms. The molecule has 3 aromatic rings. The maximum absolute atomic E-state index is 14.9. The molecule has 4 rings (SSSR count). The van der Waals surface area contributed by atoms with Crippen molar-refractivity contribution in [3.63, 3.8) is 0 Å². The highest BCUT2D eigenvalue weighted by Crippen LogP contribution is 2.37. The molecule has 0 bridgehead atoms. The minimum atomic E-state index is -5.04. The van der Waals surface area contributed by atoms with Gasteiger partial charge in [-0.1, -0.05) is 44.2 Å². The lowest BCUT2D eigenvalue weighted by molar-refractivity contribution is -0.206. The smallest absolute Gasteiger partial charge is 0.429 e. The molecule has 0 radical (unpaired) electrons. The number of unbranched alkanes of at least 4 members (excludes halogenated alkanes) is 2. The molecule has 214 valence electrons. The van der Waals surface area contributed by atoms with Crippen molar-refractivity contribution >= 4 is 10.8 Å². The van der Waals surface area contributed by atoms with E-state index in [2.05, 4.69) is 11.7 Å². The third-order valence-electron chi connectivity index (χ3n) is 6.33. The van der Waals surface area contributed by atoms with Crippen LogP contribution in [-0.4, -0.2) is 19.4 Å². The lowest BCUT2D eigenvalue weighted by atomic mass is 10.0. The van der Waals surface area contributed by atoms with Gasteiger partial charge in [0.1, 0.15) is 17.4 Å². The maximum atomic E-state index is 14.9. The minimum absolute atomic E-state index is 0.267. The number of benzene rings is 3. The summed E-state index contributed by atoms with van der Waals surface area (Å²) in [6.07, 6.45) is -5.45. The Morgan fingerprint density at radius 2 is 1.57 bits per heavy atom. The molecule has 0 N–H and O–H groups in total. The molecular formula is C29H24F8O3. The van der Waals surface area contributed by atoms with E-state index in [9.17, 15) is 35.1 Å². The number of halogens is 8. The molecule has 3 nitrogen and oxygen atoms in total. The van der Waals surface area contributed by atoms with Gasteiger partial charge in [-0.15, -0.1) is 0 Å². The molecule has 1 saturated heterocycles. The molecule has 1 fully saturated rings. The highest BCUT2D eigenvalue weighted by atomic mass is 19.4. The van der Waals surface area contributed by atoms with Gasteiger partial charge in [-0.05, 0) is 36.1 Å². The summed E-state index contributed by atoms with van der Waals surface area (Å²) in [6.45, 7) is 3.09. The Morgan fingerprint density at radius 1 is 0.900 bits per heavy atom. The molecule has 0 aromatic heterocycles. The van der Waals surface area contributed by atoms with Gasteiger partial charge in [-0.3, -0.25) is 0 Å². The second kappa shape index (κ2) is 12.0. The van der Waals surface area contributed by atoms with Crippen LogP contribution in [0.5, 0.6) is 5.75 Å². The van der Waals surface area contributed by atoms with Gasteiger partial charge in [-0.2, -0.15) is 22.0 Å². The van der Waals surface area contributed by atoms with Crippen LogP contribution in [0, 0.1) is 35.2 Å². The van der Waals surface area contributed by atoms with Crippen molar-refractivity contribution in [1.29, 1.82) is 0 Å². The normalized spacial score (nSPS) is 17.9. The van der Waals surface area contributed by atoms with Gasteiger partial charge in [-0.25, -0.2) is 13.2 Å². The van der Waals surface area contributed by atoms with Crippen molar-refractivity contribution < 1.29 is 49.3 Å². The van der Waals surface area contributed by atoms with Crippen LogP contribution in [0.3, 0.4) is 0 Å². The molecule has 0 saturated carbocycles. The van der Waals surface area contributed by atoms with Crippen LogP contribution in [0.15, 0.2) is 42.5 Å². The maximum Gasteiger partial charge on any atom is 0.458 e. The number of fused-ring (bicyclic) bond motifs is 1. The fraction of sp³-hybridized carbons (Fsp3) is 0.379. The van der Waals surface area contributed by atoms with E-state index in [1.54, 1.807) is 0 Å². The van der Waals surface area contributed by atoms with E-state index in [0.717, 1.165) is 43.9 Å². The molecule has 1 aliphatic heterocycles. The first-order valence-corrected chi connectivity index (χ1v) is 12.5. The Bertz CT molecular complexity index is 1400. The van der Waals surface area contributed by atoms with Crippen molar-refractivity contribution in [2.24, 2.45) is 5.92 Å². The lowest BCUT2D eigenvalue weighted by Crippen LogP contribution is -2.27. The van der Waals surface area contributed by atoms with Gasteiger partial charge in [0.15, 0.2) is 12.1 Å². The summed E-state index contributed by atoms with van der Waals surface area (Å²) < 4.78 is 126. The second-order valence-corrected chi connectivity index (χ2v) is 9.40. The Kier molecular flexibility index (Phi) is 8.90. The zero-order valence-corrected chi connectivity index (χ0v) is 21.2. The highest BCUT2D eigenvalue weighted by molar-refractivity contribution is 5.87. The Morgan fingerprint density at radius 3 is 2.20 bits per heavy atom. The second-order valence-electron chi connectivity index (χ2n) is 9.40. The number of hydrogen-bond acceptors (Lipinski definition) is 3. The summed E-state index contributed by atoms with van der Waals surface area (Å²) in [6, 6.07) is 6.57. The van der Waals surface area contributed by atoms with E-state index in [-0.39, 0.29) is 5.92 Å². The lowest BCUT2D eigenvalue weighted by Gasteiger charge is -2.30. The first-order chi connectivity index (χ1) is 18.9. The summed E-state index contributed by atoms with van der Waals surface area (Å²) in [7, 11) is 0. The van der Waals surface area contributed by atoms with Crippen LogP contribution in [0.4, 0.5) is 35.1 Å². The van der Waals surface area contributed by atoms with Crippen molar-refractivity contribution in [1.82, 2.24) is 0 Å². The summed E-state index contributed by atoms with van der Waals surface area (Å²) >= 11 is 0. The summed E-state index contributed by atoms with van der Waals surface area (Å²) in [5.74, 6) is -3.17. The van der Waals surface area contributed by atoms with Gasteiger partial charge in [0, 0.05) is 23.5 Å². The van der Waals surface area contributed by atoms with E-state index >= 15 is 0 Å². The van der Waals surface area contributed by atoms with Crippen LogP contribution < -0.4 is 4.74 Å². The standard InChI is InChI=1S/C29H24F8O3/c1-2-3-4-5-17-15-38-27(39-16-17)18-6-8-20(9-7-18)29(36,37)40-21-12-19-13-23(30)22(10-11-28(33,34)35)26(32)25(19)24(31)14-21/h6-9,12-14,17,27H,2-5,15-16H2,1H3. The third kappa shape index (κ3) is 7.04. The van der Waals surface area contributed by atoms with E-state index in [1.807, 2.05) is 0 Å². The quantitative estimate of drug-likeness (QED) is 0.154. The summed E-state index contributed by atoms with van der Waals surface area (Å²) in [5, 5.41) is -1.47. The average molecular weight is 572 g/mol. The molecule has 1 heterocycles. The molecule has 40 heavy (non-hydrogen) atoms. The highest BCUT2D eigenvalue weighted by Gasteiger charge is 2.35. The van der Waals surface area contributed by atoms with Crippen molar-refractivity contribution in [3.05, 3.63) is 76.6 Å². The molecule has 0 atom stereocenters. The average Bonchev–Trinajstić information content (AvgIpc) is 2.88. The molecule has 0 unspecified atom stereocenters. The Balaban J connectivity index is 1.49. The predicted octanol–water partition coefficient (Wildman–Crippen LogP) is 8.54. The molecule has 11 heteroatoms. The number of hydrogen-bond donors (Lipinski definition) is 0. The zero-order chi connectivity index (χ0) is 29.1. The molecule has 0 amide bonds. The predicted molar refractivity (Wildman–Crippen MR) is 130 cm³/mol. The van der Waals surface area contributed by atoms with E-state index in [1.165, 1.54) is 18.1 Å². The Labute approximate surface area is 225 Å². The monoisotopic (exact) mass is 572 g/mol. The van der Waals surface area contributed by atoms with Crippen LogP contribution in [0.25, 0.3) is 10.8 Å². The minimum Gasteiger partial charge on any atom is -0.429 e. The molecule has 3 aromatic carbocycles. The van der Waals surface area contributed by atoms with E-state index < -0.39 is 63.7 Å². The first-order valence-electron chi connectivity index (χ1n) is 12.5. The van der Waals surface area contributed by atoms with Gasteiger partial charge in [0.2, 0.25) is 0 Å². The Hall–Kier alpha value is -3.36. The van der Waals surface area contributed by atoms with Crippen LogP contribution >= 0.6 is 0 Å². The van der Waals surface area contributed by atoms with Gasteiger partial charge >= 0.3 is 12.3 Å². The fourth-order valence-corrected chi connectivity index (χ4v) is 4.32. The van der Waals surface area contributed by atoms with Crippen molar-refractivity contribution in [2.75, 3.05) is 13.2 Å². The molecule has 0 aliphatic carbocycles. The van der Waals surface area contributed by atoms with Gasteiger partial charge < -0.3 is 14.2 Å². The van der Waals surface area contributed by atoms with Crippen LogP contribution in [0.2, 0.25) is 0 Å². The fourth-order valence-electron chi connectivity index (χ4n) is 4.32. The van der Waals surface area contributed by atoms with Gasteiger partial charge in [0.25, 0.3) is 0 Å². The topological polar surface area (TPSA) is 27.7 Å². The summed E-state index contributed by atoms with van der Waals surface area (Å²) in [4.78, 5) is 0. The van der Waals surface area contributed by atoms with Crippen molar-refractivity contribution in [3.8, 4) is 17.6 Å². The van der Waals surface area contributed by atoms with Crippen LogP contribution in [0.1, 0.15) is 55.6 Å². The molecule has 1 aliphatic rings. The third-order valence-corrected chi connectivity index (χ3v) is 6.33. The van der Waals surface area contributed by atoms with E-state index in [0.29, 0.717) is 36.8 Å².